The SMILES string of the molecule is CNC(=O)N1CCC(NC2CCOCC2)=C(C(N)N2CCCc3cc(/C(C=N)=C/NCC(=O)O)c(C(F)F)cc32)C1. The van der Waals surface area contributed by atoms with Crippen molar-refractivity contribution in [2.75, 3.05) is 51.3 Å². The predicted molar refractivity (Wildman–Crippen MR) is 152 cm³/mol. The molecule has 224 valence electrons. The molecule has 41 heavy (non-hydrogen) atoms. The molecule has 0 radical (unpaired) electrons. The number of anilines is 1. The Balaban J connectivity index is 1.71. The van der Waals surface area contributed by atoms with E-state index in [1.807, 2.05) is 4.90 Å². The van der Waals surface area contributed by atoms with Gasteiger partial charge in [0.2, 0.25) is 0 Å². The number of nitrogens with one attached hydrogen (secondary N) is 4. The first-order valence-corrected chi connectivity index (χ1v) is 13.9. The van der Waals surface area contributed by atoms with Gasteiger partial charge in [0.05, 0.1) is 0 Å². The van der Waals surface area contributed by atoms with Crippen LogP contribution in [0.3, 0.4) is 0 Å². The van der Waals surface area contributed by atoms with Crippen LogP contribution in [0.5, 0.6) is 0 Å². The van der Waals surface area contributed by atoms with Crippen molar-refractivity contribution < 1.29 is 28.2 Å². The number of aliphatic carboxylic acids is 1. The number of fused-ring (bicyclic) bond motifs is 1. The first-order valence-electron chi connectivity index (χ1n) is 13.9. The zero-order chi connectivity index (χ0) is 29.5. The lowest BCUT2D eigenvalue weighted by Crippen LogP contribution is -2.53. The van der Waals surface area contributed by atoms with Crippen LogP contribution < -0.4 is 26.6 Å². The summed E-state index contributed by atoms with van der Waals surface area (Å²) < 4.78 is 34.3. The summed E-state index contributed by atoms with van der Waals surface area (Å²) >= 11 is 0. The fourth-order valence-corrected chi connectivity index (χ4v) is 5.67. The number of hydrogen-bond donors (Lipinski definition) is 6. The van der Waals surface area contributed by atoms with Crippen LogP contribution in [0.25, 0.3) is 5.57 Å². The van der Waals surface area contributed by atoms with Crippen LogP contribution in [0, 0.1) is 5.41 Å². The van der Waals surface area contributed by atoms with E-state index in [2.05, 4.69) is 16.0 Å². The van der Waals surface area contributed by atoms with E-state index in [4.69, 9.17) is 21.0 Å². The van der Waals surface area contributed by atoms with Crippen LogP contribution >= 0.6 is 0 Å². The number of allylic oxidation sites excluding steroid dienone is 1. The molecule has 1 unspecified atom stereocenters. The van der Waals surface area contributed by atoms with Crippen molar-refractivity contribution in [1.82, 2.24) is 20.9 Å². The highest BCUT2D eigenvalue weighted by molar-refractivity contribution is 6.09. The summed E-state index contributed by atoms with van der Waals surface area (Å²) in [4.78, 5) is 27.0. The van der Waals surface area contributed by atoms with Gasteiger partial charge in [-0.3, -0.25) is 4.79 Å². The number of carboxylic acids is 1. The Morgan fingerprint density at radius 2 is 2.00 bits per heavy atom. The molecular formula is C28H39F2N7O4. The minimum Gasteiger partial charge on any atom is -0.480 e. The topological polar surface area (TPSA) is 156 Å². The maximum atomic E-state index is 14.4. The summed E-state index contributed by atoms with van der Waals surface area (Å²) in [6.45, 7) is 2.35. The molecule has 3 heterocycles. The van der Waals surface area contributed by atoms with E-state index in [9.17, 15) is 18.4 Å². The van der Waals surface area contributed by atoms with Crippen molar-refractivity contribution in [3.63, 3.8) is 0 Å². The normalized spacial score (nSPS) is 19.1. The summed E-state index contributed by atoms with van der Waals surface area (Å²) in [7, 11) is 1.58. The minimum atomic E-state index is -2.83. The Morgan fingerprint density at radius 1 is 1.24 bits per heavy atom. The second-order valence-electron chi connectivity index (χ2n) is 10.4. The van der Waals surface area contributed by atoms with Crippen LogP contribution in [-0.2, 0) is 16.0 Å². The second kappa shape index (κ2) is 13.8. The van der Waals surface area contributed by atoms with Gasteiger partial charge < -0.3 is 46.7 Å². The lowest BCUT2D eigenvalue weighted by molar-refractivity contribution is -0.135. The van der Waals surface area contributed by atoms with Gasteiger partial charge in [-0.15, -0.1) is 0 Å². The zero-order valence-corrected chi connectivity index (χ0v) is 23.2. The Bertz CT molecular complexity index is 1200. The smallest absolute Gasteiger partial charge is 0.322 e. The molecule has 1 saturated heterocycles. The molecule has 1 atom stereocenters. The Morgan fingerprint density at radius 3 is 2.66 bits per heavy atom. The van der Waals surface area contributed by atoms with Gasteiger partial charge in [0.15, 0.2) is 0 Å². The number of ether oxygens (including phenoxy) is 1. The van der Waals surface area contributed by atoms with E-state index in [0.717, 1.165) is 42.3 Å². The Kier molecular flexibility index (Phi) is 10.2. The van der Waals surface area contributed by atoms with Crippen LogP contribution in [0.2, 0.25) is 0 Å². The summed E-state index contributed by atoms with van der Waals surface area (Å²) in [6.07, 6.45) is 2.43. The molecule has 1 aromatic carbocycles. The van der Waals surface area contributed by atoms with Crippen LogP contribution in [-0.4, -0.2) is 86.9 Å². The van der Waals surface area contributed by atoms with Gasteiger partial charge in [-0.2, -0.15) is 0 Å². The number of hydrogen-bond acceptors (Lipinski definition) is 8. The lowest BCUT2D eigenvalue weighted by atomic mass is 9.91. The number of aryl methyl sites for hydroxylation is 1. The number of carbonyl (C=O) groups excluding carboxylic acids is 1. The van der Waals surface area contributed by atoms with Crippen LogP contribution in [0.15, 0.2) is 29.6 Å². The van der Waals surface area contributed by atoms with Gasteiger partial charge >= 0.3 is 12.0 Å². The first kappa shape index (κ1) is 30.3. The monoisotopic (exact) mass is 575 g/mol. The highest BCUT2D eigenvalue weighted by Gasteiger charge is 2.33. The molecule has 1 fully saturated rings. The largest absolute Gasteiger partial charge is 0.480 e. The number of carboxylic acid groups (broad SMARTS) is 1. The molecule has 4 rings (SSSR count). The maximum absolute atomic E-state index is 14.4. The Hall–Kier alpha value is -3.71. The van der Waals surface area contributed by atoms with Crippen molar-refractivity contribution in [1.29, 1.82) is 5.41 Å². The molecule has 0 saturated carbocycles. The molecule has 3 aliphatic heterocycles. The van der Waals surface area contributed by atoms with Gasteiger partial charge in [0.1, 0.15) is 12.7 Å². The standard InChI is InChI=1S/C28H39F2N7O4/c1-33-28(40)36-8-4-23(35-19-5-9-41-10-6-19)22(16-36)27(32)37-7-2-3-17-11-20(21(26(29)30)12-24(17)37)18(13-31)14-34-15-25(38)39/h11-14,19,26-27,31,34-35H,2-10,15-16,32H2,1H3,(H,33,40)(H,38,39)/b18-14+,31-13?. The van der Waals surface area contributed by atoms with Crippen molar-refractivity contribution in [2.45, 2.75) is 50.7 Å². The molecular weight excluding hydrogens is 536 g/mol. The Labute approximate surface area is 238 Å². The highest BCUT2D eigenvalue weighted by atomic mass is 19.3. The molecule has 1 aromatic rings. The number of nitrogens with two attached hydrogens (primary N) is 1. The number of urea groups is 1. The third-order valence-corrected chi connectivity index (χ3v) is 7.79. The van der Waals surface area contributed by atoms with Crippen LogP contribution in [0.4, 0.5) is 19.3 Å². The first-order chi connectivity index (χ1) is 19.7. The summed E-state index contributed by atoms with van der Waals surface area (Å²) in [5.41, 5.74) is 10.2. The number of nitrogens with zero attached hydrogens (tertiary/aromatic N) is 2. The van der Waals surface area contributed by atoms with E-state index < -0.39 is 25.1 Å². The van der Waals surface area contributed by atoms with E-state index in [1.54, 1.807) is 18.0 Å². The molecule has 11 nitrogen and oxygen atoms in total. The van der Waals surface area contributed by atoms with Gasteiger partial charge in [0.25, 0.3) is 6.43 Å². The summed E-state index contributed by atoms with van der Waals surface area (Å²) in [5.74, 6) is -1.10. The molecule has 13 heteroatoms. The van der Waals surface area contributed by atoms with Gasteiger partial charge in [-0.1, -0.05) is 0 Å². The summed E-state index contributed by atoms with van der Waals surface area (Å²) in [5, 5.41) is 25.6. The van der Waals surface area contributed by atoms with Crippen molar-refractivity contribution >= 4 is 29.5 Å². The van der Waals surface area contributed by atoms with E-state index in [1.165, 1.54) is 12.3 Å². The number of halogens is 2. The lowest BCUT2D eigenvalue weighted by Gasteiger charge is -2.42. The number of carbonyl (C=O) groups is 2. The fraction of sp³-hybridized carbons (Fsp3) is 0.536. The van der Waals surface area contributed by atoms with Crippen LogP contribution in [0.1, 0.15) is 48.8 Å². The average molecular weight is 576 g/mol. The van der Waals surface area contributed by atoms with Crippen molar-refractivity contribution in [2.24, 2.45) is 5.73 Å². The minimum absolute atomic E-state index is 0.157. The molecule has 0 spiro atoms. The maximum Gasteiger partial charge on any atom is 0.322 e. The molecule has 0 aliphatic carbocycles. The predicted octanol–water partition coefficient (Wildman–Crippen LogP) is 2.39. The highest BCUT2D eigenvalue weighted by Crippen LogP contribution is 2.38. The van der Waals surface area contributed by atoms with E-state index >= 15 is 0 Å². The van der Waals surface area contributed by atoms with E-state index in [-0.39, 0.29) is 28.8 Å². The molecule has 0 bridgehead atoms. The zero-order valence-electron chi connectivity index (χ0n) is 23.2. The number of alkyl halides is 2. The van der Waals surface area contributed by atoms with Crippen molar-refractivity contribution in [3.05, 3.63) is 46.3 Å². The number of benzene rings is 1. The van der Waals surface area contributed by atoms with Gasteiger partial charge in [0, 0.05) is 92.9 Å². The van der Waals surface area contributed by atoms with Gasteiger partial charge in [-0.05, 0) is 48.9 Å². The van der Waals surface area contributed by atoms with Gasteiger partial charge in [-0.25, -0.2) is 13.6 Å². The summed E-state index contributed by atoms with van der Waals surface area (Å²) in [6, 6.07) is 3.12. The number of rotatable bonds is 10. The third kappa shape index (κ3) is 7.14. The fourth-order valence-electron chi connectivity index (χ4n) is 5.67. The third-order valence-electron chi connectivity index (χ3n) is 7.79. The molecule has 2 amide bonds. The molecule has 7 N–H and O–H groups in total. The van der Waals surface area contributed by atoms with E-state index in [0.29, 0.717) is 51.4 Å². The molecule has 3 aliphatic rings. The second-order valence-corrected chi connectivity index (χ2v) is 10.4. The average Bonchev–Trinajstić information content (AvgIpc) is 2.98. The molecule has 0 aromatic heterocycles. The number of amides is 2. The van der Waals surface area contributed by atoms with Crippen molar-refractivity contribution in [3.8, 4) is 0 Å². The quantitative estimate of drug-likeness (QED) is 0.232.